The third-order valence-electron chi connectivity index (χ3n) is 4.15. The predicted octanol–water partition coefficient (Wildman–Crippen LogP) is 5.49. The zero-order chi connectivity index (χ0) is 14.3. The Kier molecular flexibility index (Phi) is 4.16. The zero-order valence-electron chi connectivity index (χ0n) is 11.4. The number of fused-ring (bicyclic) bond motifs is 1. The lowest BCUT2D eigenvalue weighted by molar-refractivity contribution is 0.490. The van der Waals surface area contributed by atoms with Gasteiger partial charge in [-0.25, -0.2) is 4.98 Å². The van der Waals surface area contributed by atoms with Crippen LogP contribution in [-0.4, -0.2) is 15.4 Å². The molecule has 0 amide bonds. The van der Waals surface area contributed by atoms with E-state index >= 15 is 0 Å². The maximum Gasteiger partial charge on any atom is 0.111 e. The van der Waals surface area contributed by atoms with Crippen molar-refractivity contribution in [1.82, 2.24) is 9.55 Å². The van der Waals surface area contributed by atoms with Crippen molar-refractivity contribution in [2.75, 3.05) is 5.88 Å². The van der Waals surface area contributed by atoms with Crippen molar-refractivity contribution in [3.05, 3.63) is 28.0 Å². The van der Waals surface area contributed by atoms with Gasteiger partial charge in [0.2, 0.25) is 0 Å². The summed E-state index contributed by atoms with van der Waals surface area (Å²) in [6.45, 7) is 2.31. The first-order chi connectivity index (χ1) is 9.60. The molecule has 0 aliphatic heterocycles. The molecule has 1 aliphatic carbocycles. The number of aryl methyl sites for hydroxylation is 1. The van der Waals surface area contributed by atoms with Gasteiger partial charge in [0.05, 0.1) is 21.1 Å². The summed E-state index contributed by atoms with van der Waals surface area (Å²) >= 11 is 18.2. The molecule has 5 heteroatoms. The molecule has 0 saturated heterocycles. The highest BCUT2D eigenvalue weighted by Gasteiger charge is 2.26. The molecule has 108 valence electrons. The Labute approximate surface area is 134 Å². The lowest BCUT2D eigenvalue weighted by Crippen LogP contribution is -2.10. The number of benzene rings is 1. The van der Waals surface area contributed by atoms with Gasteiger partial charge in [-0.05, 0) is 37.3 Å². The lowest BCUT2D eigenvalue weighted by atomic mass is 10.1. The van der Waals surface area contributed by atoms with Gasteiger partial charge in [-0.15, -0.1) is 11.6 Å². The Hall–Kier alpha value is -0.440. The molecule has 20 heavy (non-hydrogen) atoms. The van der Waals surface area contributed by atoms with Crippen molar-refractivity contribution in [1.29, 1.82) is 0 Å². The van der Waals surface area contributed by atoms with Crippen LogP contribution in [0.4, 0.5) is 0 Å². The second-order valence-corrected chi connectivity index (χ2v) is 6.86. The van der Waals surface area contributed by atoms with E-state index in [2.05, 4.69) is 11.5 Å². The highest BCUT2D eigenvalue weighted by Crippen LogP contribution is 2.38. The maximum atomic E-state index is 6.18. The van der Waals surface area contributed by atoms with Crippen molar-refractivity contribution < 1.29 is 0 Å². The number of rotatable bonds is 3. The second kappa shape index (κ2) is 5.75. The summed E-state index contributed by atoms with van der Waals surface area (Å²) in [4.78, 5) is 4.71. The Morgan fingerprint density at radius 2 is 2.00 bits per heavy atom. The molecule has 0 radical (unpaired) electrons. The van der Waals surface area contributed by atoms with Gasteiger partial charge in [0, 0.05) is 18.3 Å². The summed E-state index contributed by atoms with van der Waals surface area (Å²) < 4.78 is 2.34. The van der Waals surface area contributed by atoms with Crippen LogP contribution < -0.4 is 0 Å². The van der Waals surface area contributed by atoms with E-state index < -0.39 is 0 Å². The van der Waals surface area contributed by atoms with E-state index in [-0.39, 0.29) is 0 Å². The average Bonchev–Trinajstić information content (AvgIpc) is 2.94. The van der Waals surface area contributed by atoms with E-state index in [9.17, 15) is 0 Å². The molecule has 1 aromatic carbocycles. The molecule has 1 fully saturated rings. The smallest absolute Gasteiger partial charge is 0.111 e. The molecule has 1 aliphatic rings. The average molecular weight is 332 g/mol. The highest BCUT2D eigenvalue weighted by molar-refractivity contribution is 6.42. The summed E-state index contributed by atoms with van der Waals surface area (Å²) in [6, 6.07) is 4.30. The molecule has 0 spiro atoms. The highest BCUT2D eigenvalue weighted by atomic mass is 35.5. The molecular formula is C15H17Cl3N2. The normalized spacial score (nSPS) is 22.8. The van der Waals surface area contributed by atoms with E-state index in [1.807, 2.05) is 12.1 Å². The number of nitrogens with zero attached hydrogens (tertiary/aromatic N) is 2. The summed E-state index contributed by atoms with van der Waals surface area (Å²) in [5.74, 6) is 2.39. The number of imidazole rings is 1. The topological polar surface area (TPSA) is 17.8 Å². The van der Waals surface area contributed by atoms with Gasteiger partial charge >= 0.3 is 0 Å². The number of alkyl halides is 1. The van der Waals surface area contributed by atoms with Crippen molar-refractivity contribution in [2.45, 2.75) is 38.6 Å². The van der Waals surface area contributed by atoms with Gasteiger partial charge in [-0.3, -0.25) is 0 Å². The van der Waals surface area contributed by atoms with Gasteiger partial charge < -0.3 is 4.57 Å². The Morgan fingerprint density at radius 3 is 2.65 bits per heavy atom. The number of halogens is 3. The number of hydrogen-bond acceptors (Lipinski definition) is 1. The molecule has 2 atom stereocenters. The minimum atomic E-state index is 0.505. The molecule has 1 heterocycles. The summed E-state index contributed by atoms with van der Waals surface area (Å²) in [5, 5.41) is 1.14. The van der Waals surface area contributed by atoms with Gasteiger partial charge in [0.1, 0.15) is 5.82 Å². The summed E-state index contributed by atoms with van der Waals surface area (Å²) in [5.41, 5.74) is 2.00. The first-order valence-corrected chi connectivity index (χ1v) is 8.31. The Morgan fingerprint density at radius 1 is 1.25 bits per heavy atom. The van der Waals surface area contributed by atoms with E-state index in [0.29, 0.717) is 22.0 Å². The molecule has 1 saturated carbocycles. The van der Waals surface area contributed by atoms with Gasteiger partial charge in [0.15, 0.2) is 0 Å². The fraction of sp³-hybridized carbons (Fsp3) is 0.533. The molecule has 1 aromatic heterocycles. The molecule has 3 rings (SSSR count). The van der Waals surface area contributed by atoms with Crippen LogP contribution in [0.15, 0.2) is 12.1 Å². The minimum absolute atomic E-state index is 0.505. The van der Waals surface area contributed by atoms with Gasteiger partial charge in [-0.2, -0.15) is 0 Å². The van der Waals surface area contributed by atoms with Crippen molar-refractivity contribution in [2.24, 2.45) is 5.92 Å². The minimum Gasteiger partial charge on any atom is -0.325 e. The lowest BCUT2D eigenvalue weighted by Gasteiger charge is -2.16. The van der Waals surface area contributed by atoms with Crippen molar-refractivity contribution in [3.8, 4) is 0 Å². The largest absolute Gasteiger partial charge is 0.325 e. The van der Waals surface area contributed by atoms with Crippen LogP contribution in [0.5, 0.6) is 0 Å². The first kappa shape index (κ1) is 14.5. The number of aromatic nitrogens is 2. The summed E-state index contributed by atoms with van der Waals surface area (Å²) in [6.07, 6.45) is 4.44. The van der Waals surface area contributed by atoms with E-state index in [1.165, 1.54) is 19.3 Å². The molecule has 2 nitrogen and oxygen atoms in total. The van der Waals surface area contributed by atoms with Crippen molar-refractivity contribution >= 4 is 45.8 Å². The maximum absolute atomic E-state index is 6.18. The van der Waals surface area contributed by atoms with Crippen LogP contribution >= 0.6 is 34.8 Å². The first-order valence-electron chi connectivity index (χ1n) is 7.02. The Balaban J connectivity index is 2.15. The SMILES string of the molecule is CC1CCC(n2c(CCCl)nc3cc(Cl)c(Cl)cc32)C1. The monoisotopic (exact) mass is 330 g/mol. The molecule has 0 N–H and O–H groups in total. The summed E-state index contributed by atoms with van der Waals surface area (Å²) in [7, 11) is 0. The fourth-order valence-corrected chi connectivity index (χ4v) is 3.71. The van der Waals surface area contributed by atoms with Crippen molar-refractivity contribution in [3.63, 3.8) is 0 Å². The van der Waals surface area contributed by atoms with Crippen LogP contribution in [0.3, 0.4) is 0 Å². The van der Waals surface area contributed by atoms with Crippen LogP contribution in [0.2, 0.25) is 10.0 Å². The Bertz CT molecular complexity index is 636. The second-order valence-electron chi connectivity index (χ2n) is 5.66. The van der Waals surface area contributed by atoms with Gasteiger partial charge in [0.25, 0.3) is 0 Å². The van der Waals surface area contributed by atoms with Crippen LogP contribution in [0.25, 0.3) is 11.0 Å². The predicted molar refractivity (Wildman–Crippen MR) is 86.2 cm³/mol. The van der Waals surface area contributed by atoms with Crippen LogP contribution in [-0.2, 0) is 6.42 Å². The van der Waals surface area contributed by atoms with E-state index in [4.69, 9.17) is 39.8 Å². The quantitative estimate of drug-likeness (QED) is 0.680. The third-order valence-corrected chi connectivity index (χ3v) is 5.07. The molecular weight excluding hydrogens is 315 g/mol. The molecule has 2 aromatic rings. The molecule has 2 unspecified atom stereocenters. The van der Waals surface area contributed by atoms with E-state index in [0.717, 1.165) is 29.2 Å². The van der Waals surface area contributed by atoms with Crippen LogP contribution in [0, 0.1) is 5.92 Å². The standard InChI is InChI=1S/C15H17Cl3N2/c1-9-2-3-10(6-9)20-14-8-12(18)11(17)7-13(14)19-15(20)4-5-16/h7-10H,2-6H2,1H3. The van der Waals surface area contributed by atoms with Gasteiger partial charge in [-0.1, -0.05) is 30.1 Å². The molecule has 0 bridgehead atoms. The zero-order valence-corrected chi connectivity index (χ0v) is 13.6. The van der Waals surface area contributed by atoms with E-state index in [1.54, 1.807) is 0 Å². The van der Waals surface area contributed by atoms with Crippen LogP contribution in [0.1, 0.15) is 38.1 Å². The fourth-order valence-electron chi connectivity index (χ4n) is 3.22. The third kappa shape index (κ3) is 2.54. The number of hydrogen-bond donors (Lipinski definition) is 0.